The average Bonchev–Trinajstić information content (AvgIpc) is 3.06. The second-order valence-electron chi connectivity index (χ2n) is 7.28. The molecule has 0 aromatic carbocycles. The van der Waals surface area contributed by atoms with Gasteiger partial charge in [-0.15, -0.1) is 0 Å². The van der Waals surface area contributed by atoms with Gasteiger partial charge in [0.25, 0.3) is 0 Å². The standard InChI is InChI=1S/C18H30N2O3/c21-17(13-15-9-4-5-12-23-15)20-11-6-10-16(20)18(22)19-14-7-2-1-3-8-14/h14-16H,1-13H2,(H,19,22). The van der Waals surface area contributed by atoms with Crippen LogP contribution in [0.15, 0.2) is 0 Å². The van der Waals surface area contributed by atoms with Gasteiger partial charge in [-0.2, -0.15) is 0 Å². The maximum Gasteiger partial charge on any atom is 0.243 e. The number of carbonyl (C=O) groups is 2. The van der Waals surface area contributed by atoms with Crippen LogP contribution in [0.4, 0.5) is 0 Å². The second kappa shape index (κ2) is 8.13. The van der Waals surface area contributed by atoms with Crippen molar-refractivity contribution in [3.05, 3.63) is 0 Å². The summed E-state index contributed by atoms with van der Waals surface area (Å²) < 4.78 is 5.68. The number of hydrogen-bond donors (Lipinski definition) is 1. The molecule has 2 heterocycles. The number of ether oxygens (including phenoxy) is 1. The Kier molecular flexibility index (Phi) is 5.92. The summed E-state index contributed by atoms with van der Waals surface area (Å²) in [6, 6.07) is 0.0588. The van der Waals surface area contributed by atoms with Crippen molar-refractivity contribution in [2.24, 2.45) is 0 Å². The molecule has 23 heavy (non-hydrogen) atoms. The number of amides is 2. The van der Waals surface area contributed by atoms with Crippen LogP contribution in [0.3, 0.4) is 0 Å². The van der Waals surface area contributed by atoms with Gasteiger partial charge in [0.15, 0.2) is 0 Å². The molecule has 130 valence electrons. The lowest BCUT2D eigenvalue weighted by atomic mass is 9.95. The number of nitrogens with one attached hydrogen (secondary N) is 1. The Hall–Kier alpha value is -1.10. The highest BCUT2D eigenvalue weighted by molar-refractivity contribution is 5.88. The van der Waals surface area contributed by atoms with Crippen molar-refractivity contribution in [2.75, 3.05) is 13.2 Å². The third kappa shape index (κ3) is 4.46. The number of carbonyl (C=O) groups excluding carboxylic acids is 2. The molecule has 0 aromatic heterocycles. The van der Waals surface area contributed by atoms with Crippen molar-refractivity contribution in [3.63, 3.8) is 0 Å². The summed E-state index contributed by atoms with van der Waals surface area (Å²) in [4.78, 5) is 27.0. The fraction of sp³-hybridized carbons (Fsp3) is 0.889. The van der Waals surface area contributed by atoms with E-state index in [9.17, 15) is 9.59 Å². The summed E-state index contributed by atoms with van der Waals surface area (Å²) in [6.45, 7) is 1.48. The van der Waals surface area contributed by atoms with E-state index in [1.165, 1.54) is 19.3 Å². The van der Waals surface area contributed by atoms with Gasteiger partial charge in [0.2, 0.25) is 11.8 Å². The van der Waals surface area contributed by atoms with E-state index >= 15 is 0 Å². The maximum atomic E-state index is 12.6. The minimum absolute atomic E-state index is 0.0545. The SMILES string of the molecule is O=C(NC1CCCCC1)C1CCCN1C(=O)CC1CCCCO1. The van der Waals surface area contributed by atoms with E-state index in [4.69, 9.17) is 4.74 Å². The van der Waals surface area contributed by atoms with Crippen LogP contribution >= 0.6 is 0 Å². The molecule has 3 fully saturated rings. The first kappa shape index (κ1) is 16.7. The first-order valence-electron chi connectivity index (χ1n) is 9.45. The van der Waals surface area contributed by atoms with Crippen molar-refractivity contribution in [2.45, 2.75) is 88.8 Å². The molecule has 2 saturated heterocycles. The molecular weight excluding hydrogens is 292 g/mol. The molecule has 5 nitrogen and oxygen atoms in total. The summed E-state index contributed by atoms with van der Waals surface area (Å²) in [5, 5.41) is 3.19. The molecular formula is C18H30N2O3. The molecule has 0 aromatic rings. The summed E-state index contributed by atoms with van der Waals surface area (Å²) in [5.41, 5.74) is 0. The van der Waals surface area contributed by atoms with Gasteiger partial charge in [0, 0.05) is 19.2 Å². The highest BCUT2D eigenvalue weighted by atomic mass is 16.5. The topological polar surface area (TPSA) is 58.6 Å². The van der Waals surface area contributed by atoms with Crippen LogP contribution in [0.1, 0.15) is 70.6 Å². The number of nitrogens with zero attached hydrogens (tertiary/aromatic N) is 1. The molecule has 2 unspecified atom stereocenters. The molecule has 1 aliphatic carbocycles. The zero-order chi connectivity index (χ0) is 16.1. The van der Waals surface area contributed by atoms with Crippen LogP contribution in [-0.2, 0) is 14.3 Å². The van der Waals surface area contributed by atoms with Gasteiger partial charge in [-0.25, -0.2) is 0 Å². The second-order valence-corrected chi connectivity index (χ2v) is 7.28. The predicted molar refractivity (Wildman–Crippen MR) is 88.0 cm³/mol. The predicted octanol–water partition coefficient (Wildman–Crippen LogP) is 2.39. The van der Waals surface area contributed by atoms with Gasteiger partial charge >= 0.3 is 0 Å². The average molecular weight is 322 g/mol. The minimum Gasteiger partial charge on any atom is -0.378 e. The number of rotatable bonds is 4. The Morgan fingerprint density at radius 1 is 0.957 bits per heavy atom. The maximum absolute atomic E-state index is 12.6. The quantitative estimate of drug-likeness (QED) is 0.864. The first-order chi connectivity index (χ1) is 11.2. The van der Waals surface area contributed by atoms with Gasteiger partial charge in [-0.05, 0) is 44.9 Å². The lowest BCUT2D eigenvalue weighted by Crippen LogP contribution is -2.49. The minimum atomic E-state index is -0.256. The molecule has 3 aliphatic rings. The number of likely N-dealkylation sites (tertiary alicyclic amines) is 1. The van der Waals surface area contributed by atoms with E-state index in [1.54, 1.807) is 4.90 Å². The number of hydrogen-bond acceptors (Lipinski definition) is 3. The molecule has 5 heteroatoms. The molecule has 2 atom stereocenters. The van der Waals surface area contributed by atoms with Crippen molar-refractivity contribution in [1.82, 2.24) is 10.2 Å². The molecule has 1 saturated carbocycles. The largest absolute Gasteiger partial charge is 0.378 e. The molecule has 0 radical (unpaired) electrons. The van der Waals surface area contributed by atoms with Crippen LogP contribution in [0, 0.1) is 0 Å². The fourth-order valence-corrected chi connectivity index (χ4v) is 4.16. The van der Waals surface area contributed by atoms with E-state index in [-0.39, 0.29) is 24.0 Å². The van der Waals surface area contributed by atoms with Crippen molar-refractivity contribution >= 4 is 11.8 Å². The molecule has 0 bridgehead atoms. The molecule has 0 spiro atoms. The van der Waals surface area contributed by atoms with Crippen LogP contribution in [0.2, 0.25) is 0 Å². The lowest BCUT2D eigenvalue weighted by Gasteiger charge is -2.30. The van der Waals surface area contributed by atoms with E-state index < -0.39 is 0 Å². The van der Waals surface area contributed by atoms with E-state index in [2.05, 4.69) is 5.32 Å². The molecule has 2 amide bonds. The molecule has 1 N–H and O–H groups in total. The van der Waals surface area contributed by atoms with Crippen LogP contribution < -0.4 is 5.32 Å². The summed E-state index contributed by atoms with van der Waals surface area (Å²) in [7, 11) is 0. The Balaban J connectivity index is 1.51. The van der Waals surface area contributed by atoms with Crippen molar-refractivity contribution in [1.29, 1.82) is 0 Å². The third-order valence-electron chi connectivity index (χ3n) is 5.50. The zero-order valence-corrected chi connectivity index (χ0v) is 14.1. The fourth-order valence-electron chi connectivity index (χ4n) is 4.16. The Bertz CT molecular complexity index is 376. The smallest absolute Gasteiger partial charge is 0.243 e. The van der Waals surface area contributed by atoms with Crippen LogP contribution in [0.5, 0.6) is 0 Å². The lowest BCUT2D eigenvalue weighted by molar-refractivity contribution is -0.141. The van der Waals surface area contributed by atoms with E-state index in [1.807, 2.05) is 0 Å². The molecule has 2 aliphatic heterocycles. The summed E-state index contributed by atoms with van der Waals surface area (Å²) >= 11 is 0. The summed E-state index contributed by atoms with van der Waals surface area (Å²) in [5.74, 6) is 0.158. The van der Waals surface area contributed by atoms with Crippen LogP contribution in [-0.4, -0.2) is 48.1 Å². The third-order valence-corrected chi connectivity index (χ3v) is 5.50. The first-order valence-corrected chi connectivity index (χ1v) is 9.45. The molecule has 3 rings (SSSR count). The normalized spacial score (nSPS) is 29.5. The summed E-state index contributed by atoms with van der Waals surface area (Å²) in [6.07, 6.45) is 11.3. The Morgan fingerprint density at radius 3 is 2.48 bits per heavy atom. The van der Waals surface area contributed by atoms with Gasteiger partial charge in [-0.1, -0.05) is 19.3 Å². The highest BCUT2D eigenvalue weighted by Gasteiger charge is 2.35. The van der Waals surface area contributed by atoms with Gasteiger partial charge in [-0.3, -0.25) is 9.59 Å². The van der Waals surface area contributed by atoms with Gasteiger partial charge in [0.05, 0.1) is 12.5 Å². The monoisotopic (exact) mass is 322 g/mol. The Morgan fingerprint density at radius 2 is 1.74 bits per heavy atom. The van der Waals surface area contributed by atoms with Crippen molar-refractivity contribution < 1.29 is 14.3 Å². The van der Waals surface area contributed by atoms with Gasteiger partial charge in [0.1, 0.15) is 6.04 Å². The Labute approximate surface area is 139 Å². The van der Waals surface area contributed by atoms with Crippen LogP contribution in [0.25, 0.3) is 0 Å². The van der Waals surface area contributed by atoms with Crippen molar-refractivity contribution in [3.8, 4) is 0 Å². The highest BCUT2D eigenvalue weighted by Crippen LogP contribution is 2.23. The van der Waals surface area contributed by atoms with E-state index in [0.29, 0.717) is 19.0 Å². The zero-order valence-electron chi connectivity index (χ0n) is 14.1. The van der Waals surface area contributed by atoms with Gasteiger partial charge < -0.3 is 15.0 Å². The van der Waals surface area contributed by atoms with E-state index in [0.717, 1.165) is 51.6 Å².